The largest absolute Gasteiger partial charge is 0.481 e. The third-order valence-electron chi connectivity index (χ3n) is 3.69. The molecule has 3 nitrogen and oxygen atoms in total. The van der Waals surface area contributed by atoms with Crippen molar-refractivity contribution >= 4 is 5.97 Å². The summed E-state index contributed by atoms with van der Waals surface area (Å²) >= 11 is 0. The van der Waals surface area contributed by atoms with E-state index in [1.807, 2.05) is 18.2 Å². The van der Waals surface area contributed by atoms with Gasteiger partial charge in [-0.3, -0.25) is 4.79 Å². The molecule has 0 aromatic heterocycles. The molecule has 1 atom stereocenters. The van der Waals surface area contributed by atoms with Gasteiger partial charge >= 0.3 is 5.97 Å². The maximum atomic E-state index is 11.0. The molecule has 1 unspecified atom stereocenters. The zero-order valence-electron chi connectivity index (χ0n) is 10.8. The first-order valence-electron chi connectivity index (χ1n) is 6.56. The van der Waals surface area contributed by atoms with Crippen molar-refractivity contribution in [1.82, 2.24) is 0 Å². The molecule has 0 aliphatic carbocycles. The van der Waals surface area contributed by atoms with E-state index in [-0.39, 0.29) is 0 Å². The molecule has 0 spiro atoms. The predicted octanol–water partition coefficient (Wildman–Crippen LogP) is 2.84. The van der Waals surface area contributed by atoms with Crippen molar-refractivity contribution in [2.45, 2.75) is 32.1 Å². The third-order valence-corrected chi connectivity index (χ3v) is 3.69. The number of hydrogen-bond donors (Lipinski definition) is 1. The number of aliphatic carboxylic acids is 1. The molecule has 1 heterocycles. The van der Waals surface area contributed by atoms with E-state index in [1.165, 1.54) is 5.56 Å². The van der Waals surface area contributed by atoms with Crippen LogP contribution in [0.3, 0.4) is 0 Å². The Balaban J connectivity index is 2.04. The van der Waals surface area contributed by atoms with Gasteiger partial charge in [-0.25, -0.2) is 0 Å². The van der Waals surface area contributed by atoms with Crippen molar-refractivity contribution in [1.29, 1.82) is 0 Å². The Morgan fingerprint density at radius 1 is 1.44 bits per heavy atom. The highest BCUT2D eigenvalue weighted by atomic mass is 16.5. The lowest BCUT2D eigenvalue weighted by Crippen LogP contribution is -2.17. The summed E-state index contributed by atoms with van der Waals surface area (Å²) in [6, 6.07) is 7.98. The van der Waals surface area contributed by atoms with Crippen LogP contribution in [0.2, 0.25) is 0 Å². The summed E-state index contributed by atoms with van der Waals surface area (Å²) < 4.78 is 5.35. The molecule has 98 valence electrons. The molecule has 1 N–H and O–H groups in total. The van der Waals surface area contributed by atoms with Gasteiger partial charge in [0.1, 0.15) is 0 Å². The van der Waals surface area contributed by atoms with Crippen molar-refractivity contribution in [3.8, 4) is 0 Å². The van der Waals surface area contributed by atoms with Gasteiger partial charge in [-0.15, -0.1) is 0 Å². The van der Waals surface area contributed by atoms with Crippen LogP contribution in [0.1, 0.15) is 36.8 Å². The molecule has 0 radical (unpaired) electrons. The molecular formula is C15H20O3. The molecular weight excluding hydrogens is 228 g/mol. The zero-order chi connectivity index (χ0) is 13.0. The molecule has 1 aromatic rings. The molecule has 0 saturated carbocycles. The van der Waals surface area contributed by atoms with E-state index in [0.29, 0.717) is 5.92 Å². The van der Waals surface area contributed by atoms with Gasteiger partial charge in [-0.1, -0.05) is 24.3 Å². The highest BCUT2D eigenvalue weighted by Gasteiger charge is 2.16. The van der Waals surface area contributed by atoms with Gasteiger partial charge < -0.3 is 9.84 Å². The van der Waals surface area contributed by atoms with E-state index in [2.05, 4.69) is 6.07 Å². The van der Waals surface area contributed by atoms with Crippen LogP contribution in [0, 0.1) is 5.92 Å². The van der Waals surface area contributed by atoms with E-state index in [1.54, 1.807) is 6.92 Å². The number of carboxylic acids is 1. The number of rotatable bonds is 4. The Morgan fingerprint density at radius 2 is 2.17 bits per heavy atom. The monoisotopic (exact) mass is 248 g/mol. The molecule has 1 fully saturated rings. The number of carboxylic acid groups (broad SMARTS) is 1. The van der Waals surface area contributed by atoms with Gasteiger partial charge in [-0.05, 0) is 43.2 Å². The number of carbonyl (C=O) groups is 1. The molecule has 1 aliphatic heterocycles. The van der Waals surface area contributed by atoms with Crippen molar-refractivity contribution in [2.75, 3.05) is 13.2 Å². The average molecular weight is 248 g/mol. The highest BCUT2D eigenvalue weighted by Crippen LogP contribution is 2.23. The molecule has 3 heteroatoms. The second kappa shape index (κ2) is 6.01. The molecule has 1 saturated heterocycles. The van der Waals surface area contributed by atoms with E-state index in [4.69, 9.17) is 9.84 Å². The zero-order valence-corrected chi connectivity index (χ0v) is 10.8. The number of hydrogen-bond acceptors (Lipinski definition) is 2. The van der Waals surface area contributed by atoms with Crippen LogP contribution in [-0.2, 0) is 16.0 Å². The smallest absolute Gasteiger partial charge is 0.310 e. The molecule has 1 aliphatic rings. The summed E-state index contributed by atoms with van der Waals surface area (Å²) in [5, 5.41) is 9.03. The Hall–Kier alpha value is -1.35. The first-order valence-corrected chi connectivity index (χ1v) is 6.56. The van der Waals surface area contributed by atoms with Crippen LogP contribution in [0.5, 0.6) is 0 Å². The summed E-state index contributed by atoms with van der Waals surface area (Å²) in [7, 11) is 0. The highest BCUT2D eigenvalue weighted by molar-refractivity contribution is 5.75. The normalized spacial score (nSPS) is 18.5. The summed E-state index contributed by atoms with van der Waals surface area (Å²) in [6.45, 7) is 3.45. The van der Waals surface area contributed by atoms with Gasteiger partial charge in [0.2, 0.25) is 0 Å². The van der Waals surface area contributed by atoms with E-state index in [0.717, 1.165) is 38.0 Å². The maximum absolute atomic E-state index is 11.0. The van der Waals surface area contributed by atoms with Crippen LogP contribution in [0.15, 0.2) is 24.3 Å². The van der Waals surface area contributed by atoms with Crippen LogP contribution >= 0.6 is 0 Å². The minimum atomic E-state index is -0.766. The molecule has 2 rings (SSSR count). The van der Waals surface area contributed by atoms with Crippen molar-refractivity contribution < 1.29 is 14.6 Å². The molecule has 0 bridgehead atoms. The first kappa shape index (κ1) is 13.1. The van der Waals surface area contributed by atoms with Gasteiger partial charge in [0, 0.05) is 13.2 Å². The lowest BCUT2D eigenvalue weighted by atomic mass is 9.90. The standard InChI is InChI=1S/C15H20O3/c1-11(15(16)17)14-4-2-3-13(10-14)9-12-5-7-18-8-6-12/h2-4,10-12H,5-9H2,1H3,(H,16,17). The Bertz CT molecular complexity index is 408. The summed E-state index contributed by atoms with van der Waals surface area (Å²) in [5.41, 5.74) is 2.14. The minimum absolute atomic E-state index is 0.431. The topological polar surface area (TPSA) is 46.5 Å². The second-order valence-corrected chi connectivity index (χ2v) is 5.06. The van der Waals surface area contributed by atoms with Crippen LogP contribution < -0.4 is 0 Å². The van der Waals surface area contributed by atoms with Gasteiger partial charge in [0.05, 0.1) is 5.92 Å². The third kappa shape index (κ3) is 3.33. The van der Waals surface area contributed by atoms with Gasteiger partial charge in [0.15, 0.2) is 0 Å². The fourth-order valence-corrected chi connectivity index (χ4v) is 2.42. The Kier molecular flexibility index (Phi) is 4.37. The Morgan fingerprint density at radius 3 is 2.83 bits per heavy atom. The van der Waals surface area contributed by atoms with Crippen LogP contribution in [0.25, 0.3) is 0 Å². The molecule has 1 aromatic carbocycles. The lowest BCUT2D eigenvalue weighted by molar-refractivity contribution is -0.138. The lowest BCUT2D eigenvalue weighted by Gasteiger charge is -2.22. The van der Waals surface area contributed by atoms with Crippen molar-refractivity contribution in [3.05, 3.63) is 35.4 Å². The van der Waals surface area contributed by atoms with E-state index in [9.17, 15) is 4.79 Å². The van der Waals surface area contributed by atoms with Gasteiger partial charge in [-0.2, -0.15) is 0 Å². The fraction of sp³-hybridized carbons (Fsp3) is 0.533. The minimum Gasteiger partial charge on any atom is -0.481 e. The van der Waals surface area contributed by atoms with E-state index < -0.39 is 11.9 Å². The summed E-state index contributed by atoms with van der Waals surface area (Å²) in [6.07, 6.45) is 3.25. The number of benzene rings is 1. The maximum Gasteiger partial charge on any atom is 0.310 e. The van der Waals surface area contributed by atoms with Crippen LogP contribution in [-0.4, -0.2) is 24.3 Å². The first-order chi connectivity index (χ1) is 8.66. The Labute approximate surface area is 108 Å². The summed E-state index contributed by atoms with van der Waals surface area (Å²) in [4.78, 5) is 11.0. The second-order valence-electron chi connectivity index (χ2n) is 5.06. The fourth-order valence-electron chi connectivity index (χ4n) is 2.42. The SMILES string of the molecule is CC(C(=O)O)c1cccc(CC2CCOCC2)c1. The molecule has 18 heavy (non-hydrogen) atoms. The molecule has 0 amide bonds. The van der Waals surface area contributed by atoms with Crippen molar-refractivity contribution in [2.24, 2.45) is 5.92 Å². The van der Waals surface area contributed by atoms with E-state index >= 15 is 0 Å². The van der Waals surface area contributed by atoms with Crippen LogP contribution in [0.4, 0.5) is 0 Å². The van der Waals surface area contributed by atoms with Crippen molar-refractivity contribution in [3.63, 3.8) is 0 Å². The predicted molar refractivity (Wildman–Crippen MR) is 69.7 cm³/mol. The average Bonchev–Trinajstić information content (AvgIpc) is 2.39. The van der Waals surface area contributed by atoms with Gasteiger partial charge in [0.25, 0.3) is 0 Å². The number of ether oxygens (including phenoxy) is 1. The summed E-state index contributed by atoms with van der Waals surface area (Å²) in [5.74, 6) is -0.521. The quantitative estimate of drug-likeness (QED) is 0.891.